The lowest BCUT2D eigenvalue weighted by atomic mass is 10.4. The van der Waals surface area contributed by atoms with Gasteiger partial charge in [0.1, 0.15) is 31.2 Å². The summed E-state index contributed by atoms with van der Waals surface area (Å²) in [4.78, 5) is 0. The highest BCUT2D eigenvalue weighted by atomic mass is 16.6. The third kappa shape index (κ3) is 3.65. The molecule has 2 aliphatic rings. The van der Waals surface area contributed by atoms with Crippen molar-refractivity contribution in [3.63, 3.8) is 0 Å². The molecule has 2 unspecified atom stereocenters. The summed E-state index contributed by atoms with van der Waals surface area (Å²) in [7, 11) is 0. The molecule has 4 nitrogen and oxygen atoms in total. The van der Waals surface area contributed by atoms with Crippen LogP contribution in [0.15, 0.2) is 11.8 Å². The molecule has 2 saturated heterocycles. The van der Waals surface area contributed by atoms with Gasteiger partial charge in [0.05, 0.1) is 19.8 Å². The van der Waals surface area contributed by atoms with Crippen LogP contribution in [0.3, 0.4) is 0 Å². The average molecular weight is 200 g/mol. The van der Waals surface area contributed by atoms with Gasteiger partial charge in [0, 0.05) is 0 Å². The fraction of sp³-hybridized carbons (Fsp3) is 0.800. The molecule has 0 spiro atoms. The van der Waals surface area contributed by atoms with Gasteiger partial charge in [0.2, 0.25) is 0 Å². The van der Waals surface area contributed by atoms with Crippen molar-refractivity contribution in [2.75, 3.05) is 33.0 Å². The van der Waals surface area contributed by atoms with Crippen LogP contribution in [-0.4, -0.2) is 45.2 Å². The molecule has 0 aromatic carbocycles. The summed E-state index contributed by atoms with van der Waals surface area (Å²) in [5.41, 5.74) is 0. The summed E-state index contributed by atoms with van der Waals surface area (Å²) < 4.78 is 21.0. The van der Waals surface area contributed by atoms with E-state index in [-0.39, 0.29) is 0 Å². The van der Waals surface area contributed by atoms with Gasteiger partial charge in [-0.1, -0.05) is 0 Å². The van der Waals surface area contributed by atoms with Crippen LogP contribution in [0.25, 0.3) is 0 Å². The maximum absolute atomic E-state index is 5.49. The molecular weight excluding hydrogens is 184 g/mol. The molecule has 0 radical (unpaired) electrons. The molecule has 80 valence electrons. The molecule has 2 rings (SSSR count). The topological polar surface area (TPSA) is 43.5 Å². The van der Waals surface area contributed by atoms with Crippen molar-refractivity contribution in [1.29, 1.82) is 0 Å². The van der Waals surface area contributed by atoms with Gasteiger partial charge in [0.25, 0.3) is 0 Å². The van der Waals surface area contributed by atoms with E-state index in [4.69, 9.17) is 18.9 Å². The highest BCUT2D eigenvalue weighted by Gasteiger charge is 2.24. The molecule has 0 saturated carbocycles. The summed E-state index contributed by atoms with van der Waals surface area (Å²) >= 11 is 0. The molecule has 2 atom stereocenters. The zero-order valence-electron chi connectivity index (χ0n) is 8.40. The molecule has 14 heavy (non-hydrogen) atoms. The highest BCUT2D eigenvalue weighted by molar-refractivity contribution is 4.91. The molecule has 0 N–H and O–H groups in total. The first-order chi connectivity index (χ1) is 6.88. The molecule has 2 heterocycles. The van der Waals surface area contributed by atoms with Crippen LogP contribution in [0.1, 0.15) is 6.92 Å². The Balaban J connectivity index is 1.54. The van der Waals surface area contributed by atoms with Crippen LogP contribution in [0.2, 0.25) is 0 Å². The maximum atomic E-state index is 5.49. The lowest BCUT2D eigenvalue weighted by molar-refractivity contribution is 0.0823. The predicted molar refractivity (Wildman–Crippen MR) is 50.0 cm³/mol. The normalized spacial score (nSPS) is 30.2. The van der Waals surface area contributed by atoms with Crippen molar-refractivity contribution in [3.05, 3.63) is 11.8 Å². The van der Waals surface area contributed by atoms with Crippen LogP contribution in [0.4, 0.5) is 0 Å². The largest absolute Gasteiger partial charge is 0.493 e. The summed E-state index contributed by atoms with van der Waals surface area (Å²) in [6.07, 6.45) is 2.55. The second kappa shape index (κ2) is 4.77. The Kier molecular flexibility index (Phi) is 3.39. The number of allylic oxidation sites excluding steroid dienone is 1. The van der Waals surface area contributed by atoms with Gasteiger partial charge >= 0.3 is 0 Å². The van der Waals surface area contributed by atoms with Crippen molar-refractivity contribution < 1.29 is 18.9 Å². The molecule has 2 aliphatic heterocycles. The van der Waals surface area contributed by atoms with E-state index in [1.54, 1.807) is 0 Å². The molecule has 4 heteroatoms. The van der Waals surface area contributed by atoms with Gasteiger partial charge in [-0.05, 0) is 13.0 Å². The van der Waals surface area contributed by atoms with Crippen LogP contribution < -0.4 is 0 Å². The number of hydrogen-bond donors (Lipinski definition) is 0. The van der Waals surface area contributed by atoms with E-state index in [2.05, 4.69) is 0 Å². The highest BCUT2D eigenvalue weighted by Crippen LogP contribution is 2.12. The van der Waals surface area contributed by atoms with E-state index in [1.807, 2.05) is 13.0 Å². The minimum atomic E-state index is 0.303. The zero-order valence-corrected chi connectivity index (χ0v) is 8.40. The minimum Gasteiger partial charge on any atom is -0.493 e. The summed E-state index contributed by atoms with van der Waals surface area (Å²) in [5, 5.41) is 0. The fourth-order valence-corrected chi connectivity index (χ4v) is 1.03. The molecule has 0 aromatic heterocycles. The quantitative estimate of drug-likeness (QED) is 0.448. The SMILES string of the molecule is CC=C(COCC1CO1)OCC1CO1. The molecule has 0 amide bonds. The maximum Gasteiger partial charge on any atom is 0.118 e. The zero-order chi connectivity index (χ0) is 9.80. The number of epoxide rings is 2. The van der Waals surface area contributed by atoms with Crippen molar-refractivity contribution in [2.24, 2.45) is 0 Å². The molecular formula is C10H16O4. The van der Waals surface area contributed by atoms with Crippen LogP contribution >= 0.6 is 0 Å². The fourth-order valence-electron chi connectivity index (χ4n) is 1.03. The van der Waals surface area contributed by atoms with Crippen LogP contribution in [0, 0.1) is 0 Å². The van der Waals surface area contributed by atoms with Gasteiger partial charge in [0.15, 0.2) is 0 Å². The van der Waals surface area contributed by atoms with Crippen molar-refractivity contribution in [2.45, 2.75) is 19.1 Å². The van der Waals surface area contributed by atoms with Gasteiger partial charge in [-0.15, -0.1) is 0 Å². The molecule has 0 bridgehead atoms. The van der Waals surface area contributed by atoms with E-state index >= 15 is 0 Å². The molecule has 0 aromatic rings. The first-order valence-electron chi connectivity index (χ1n) is 4.97. The standard InChI is InChI=1S/C10H16O4/c1-2-8(12-6-10-7-14-10)3-11-4-9-5-13-9/h2,9-10H,3-7H2,1H3. The third-order valence-electron chi connectivity index (χ3n) is 2.13. The second-order valence-electron chi connectivity index (χ2n) is 3.49. The minimum absolute atomic E-state index is 0.303. The predicted octanol–water partition coefficient (Wildman–Crippen LogP) is 0.721. The van der Waals surface area contributed by atoms with Crippen molar-refractivity contribution >= 4 is 0 Å². The second-order valence-corrected chi connectivity index (χ2v) is 3.49. The van der Waals surface area contributed by atoms with E-state index in [9.17, 15) is 0 Å². The number of rotatable bonds is 7. The van der Waals surface area contributed by atoms with Crippen LogP contribution in [0.5, 0.6) is 0 Å². The third-order valence-corrected chi connectivity index (χ3v) is 2.13. The van der Waals surface area contributed by atoms with E-state index in [1.165, 1.54) is 0 Å². The average Bonchev–Trinajstić information content (AvgIpc) is 3.01. The first-order valence-corrected chi connectivity index (χ1v) is 4.97. The Labute approximate surface area is 83.8 Å². The van der Waals surface area contributed by atoms with Gasteiger partial charge in [-0.25, -0.2) is 0 Å². The Bertz CT molecular complexity index is 206. The van der Waals surface area contributed by atoms with Crippen LogP contribution in [-0.2, 0) is 18.9 Å². The number of hydrogen-bond acceptors (Lipinski definition) is 4. The van der Waals surface area contributed by atoms with Crippen molar-refractivity contribution in [1.82, 2.24) is 0 Å². The van der Waals surface area contributed by atoms with Gasteiger partial charge in [-0.3, -0.25) is 0 Å². The number of ether oxygens (including phenoxy) is 4. The molecule has 2 fully saturated rings. The van der Waals surface area contributed by atoms with Gasteiger partial charge in [-0.2, -0.15) is 0 Å². The summed E-state index contributed by atoms with van der Waals surface area (Å²) in [6, 6.07) is 0. The summed E-state index contributed by atoms with van der Waals surface area (Å²) in [5.74, 6) is 0.876. The van der Waals surface area contributed by atoms with Crippen molar-refractivity contribution in [3.8, 4) is 0 Å². The Morgan fingerprint density at radius 1 is 1.29 bits per heavy atom. The van der Waals surface area contributed by atoms with E-state index in [0.29, 0.717) is 32.0 Å². The van der Waals surface area contributed by atoms with E-state index < -0.39 is 0 Å². The Hall–Kier alpha value is -0.580. The smallest absolute Gasteiger partial charge is 0.118 e. The molecule has 0 aliphatic carbocycles. The van der Waals surface area contributed by atoms with Gasteiger partial charge < -0.3 is 18.9 Å². The lowest BCUT2D eigenvalue weighted by Gasteiger charge is -2.08. The Morgan fingerprint density at radius 3 is 2.50 bits per heavy atom. The summed E-state index contributed by atoms with van der Waals surface area (Å²) in [6.45, 7) is 5.45. The monoisotopic (exact) mass is 200 g/mol. The first kappa shape index (κ1) is 9.96. The van der Waals surface area contributed by atoms with E-state index in [0.717, 1.165) is 19.0 Å². The lowest BCUT2D eigenvalue weighted by Crippen LogP contribution is -2.09. The Morgan fingerprint density at radius 2 is 1.93 bits per heavy atom.